The molecule has 2 aromatic carbocycles. The highest BCUT2D eigenvalue weighted by molar-refractivity contribution is 5.94. The second-order valence-corrected chi connectivity index (χ2v) is 6.00. The number of aliphatic carboxylic acids is 1. The third kappa shape index (κ3) is 6.33. The van der Waals surface area contributed by atoms with Crippen molar-refractivity contribution >= 4 is 11.9 Å². The van der Waals surface area contributed by atoms with E-state index in [1.807, 2.05) is 13.8 Å². The van der Waals surface area contributed by atoms with Crippen LogP contribution >= 0.6 is 0 Å². The van der Waals surface area contributed by atoms with Gasteiger partial charge in [0.1, 0.15) is 11.5 Å². The first-order valence-corrected chi connectivity index (χ1v) is 9.01. The zero-order chi connectivity index (χ0) is 19.6. The SMILES string of the molecule is CCCOc1ccc(C(CC(=O)O)NC(=O)c2ccc(OCC)cc2)cc1. The molecule has 1 unspecified atom stereocenters. The molecule has 27 heavy (non-hydrogen) atoms. The van der Waals surface area contributed by atoms with Crippen LogP contribution in [0.25, 0.3) is 0 Å². The molecule has 2 rings (SSSR count). The van der Waals surface area contributed by atoms with Crippen molar-refractivity contribution in [1.82, 2.24) is 5.32 Å². The molecule has 1 atom stereocenters. The molecule has 0 saturated heterocycles. The molecule has 6 nitrogen and oxygen atoms in total. The molecule has 0 spiro atoms. The van der Waals surface area contributed by atoms with Gasteiger partial charge in [0, 0.05) is 5.56 Å². The van der Waals surface area contributed by atoms with E-state index in [9.17, 15) is 14.7 Å². The lowest BCUT2D eigenvalue weighted by Gasteiger charge is -2.18. The van der Waals surface area contributed by atoms with E-state index in [-0.39, 0.29) is 12.3 Å². The molecule has 1 amide bonds. The molecule has 0 aliphatic rings. The first-order chi connectivity index (χ1) is 13.0. The average Bonchev–Trinajstić information content (AvgIpc) is 2.66. The maximum absolute atomic E-state index is 12.5. The number of benzene rings is 2. The highest BCUT2D eigenvalue weighted by Gasteiger charge is 2.19. The first kappa shape index (κ1) is 20.3. The number of rotatable bonds is 10. The number of nitrogens with one attached hydrogen (secondary N) is 1. The summed E-state index contributed by atoms with van der Waals surface area (Å²) >= 11 is 0. The fourth-order valence-corrected chi connectivity index (χ4v) is 2.55. The Bertz CT molecular complexity index is 740. The molecular weight excluding hydrogens is 346 g/mol. The molecule has 0 aliphatic carbocycles. The molecule has 0 heterocycles. The number of hydrogen-bond donors (Lipinski definition) is 2. The lowest BCUT2D eigenvalue weighted by atomic mass is 10.0. The second-order valence-electron chi connectivity index (χ2n) is 6.00. The summed E-state index contributed by atoms with van der Waals surface area (Å²) in [6, 6.07) is 13.2. The van der Waals surface area contributed by atoms with Crippen molar-refractivity contribution in [3.05, 3.63) is 59.7 Å². The zero-order valence-corrected chi connectivity index (χ0v) is 15.6. The third-order valence-corrected chi connectivity index (χ3v) is 3.87. The smallest absolute Gasteiger partial charge is 0.305 e. The Labute approximate surface area is 159 Å². The predicted octanol–water partition coefficient (Wildman–Crippen LogP) is 3.82. The summed E-state index contributed by atoms with van der Waals surface area (Å²) < 4.78 is 10.9. The molecule has 2 aromatic rings. The van der Waals surface area contributed by atoms with E-state index in [1.165, 1.54) is 0 Å². The van der Waals surface area contributed by atoms with Gasteiger partial charge in [-0.25, -0.2) is 0 Å². The van der Waals surface area contributed by atoms with Gasteiger partial charge in [-0.15, -0.1) is 0 Å². The van der Waals surface area contributed by atoms with Crippen molar-refractivity contribution in [3.8, 4) is 11.5 Å². The first-order valence-electron chi connectivity index (χ1n) is 9.01. The molecule has 2 N–H and O–H groups in total. The van der Waals surface area contributed by atoms with E-state index in [2.05, 4.69) is 5.32 Å². The molecule has 0 saturated carbocycles. The van der Waals surface area contributed by atoms with Crippen LogP contribution in [0.5, 0.6) is 11.5 Å². The van der Waals surface area contributed by atoms with E-state index >= 15 is 0 Å². The number of carboxylic acid groups (broad SMARTS) is 1. The van der Waals surface area contributed by atoms with Gasteiger partial charge in [-0.2, -0.15) is 0 Å². The van der Waals surface area contributed by atoms with E-state index in [0.29, 0.717) is 35.8 Å². The molecule has 144 valence electrons. The Morgan fingerprint density at radius 1 is 0.963 bits per heavy atom. The van der Waals surface area contributed by atoms with Crippen molar-refractivity contribution < 1.29 is 24.2 Å². The van der Waals surface area contributed by atoms with Gasteiger partial charge in [0.25, 0.3) is 5.91 Å². The maximum atomic E-state index is 12.5. The number of carbonyl (C=O) groups is 2. The molecule has 0 aliphatic heterocycles. The van der Waals surface area contributed by atoms with Gasteiger partial charge in [-0.05, 0) is 55.3 Å². The Morgan fingerprint density at radius 2 is 1.56 bits per heavy atom. The lowest BCUT2D eigenvalue weighted by molar-refractivity contribution is -0.137. The molecular formula is C21H25NO5. The normalized spacial score (nSPS) is 11.5. The van der Waals surface area contributed by atoms with Crippen molar-refractivity contribution in [3.63, 3.8) is 0 Å². The van der Waals surface area contributed by atoms with Gasteiger partial charge < -0.3 is 19.9 Å². The fourth-order valence-electron chi connectivity index (χ4n) is 2.55. The van der Waals surface area contributed by atoms with Gasteiger partial charge in [0.05, 0.1) is 25.7 Å². The van der Waals surface area contributed by atoms with Crippen LogP contribution in [-0.4, -0.2) is 30.2 Å². The molecule has 0 bridgehead atoms. The fraction of sp³-hybridized carbons (Fsp3) is 0.333. The number of hydrogen-bond acceptors (Lipinski definition) is 4. The Morgan fingerprint density at radius 3 is 2.11 bits per heavy atom. The summed E-state index contributed by atoms with van der Waals surface area (Å²) in [7, 11) is 0. The summed E-state index contributed by atoms with van der Waals surface area (Å²) in [5.41, 5.74) is 1.15. The maximum Gasteiger partial charge on any atom is 0.305 e. The molecule has 0 aromatic heterocycles. The van der Waals surface area contributed by atoms with Gasteiger partial charge in [0.2, 0.25) is 0 Å². The minimum absolute atomic E-state index is 0.210. The third-order valence-electron chi connectivity index (χ3n) is 3.87. The van der Waals surface area contributed by atoms with Crippen molar-refractivity contribution in [2.75, 3.05) is 13.2 Å². The van der Waals surface area contributed by atoms with Crippen LogP contribution in [-0.2, 0) is 4.79 Å². The van der Waals surface area contributed by atoms with Crippen LogP contribution < -0.4 is 14.8 Å². The highest BCUT2D eigenvalue weighted by Crippen LogP contribution is 2.22. The number of ether oxygens (including phenoxy) is 2. The van der Waals surface area contributed by atoms with E-state index in [0.717, 1.165) is 6.42 Å². The van der Waals surface area contributed by atoms with Gasteiger partial charge in [0.15, 0.2) is 0 Å². The molecule has 0 radical (unpaired) electrons. The van der Waals surface area contributed by atoms with Crippen LogP contribution in [0.15, 0.2) is 48.5 Å². The minimum Gasteiger partial charge on any atom is -0.494 e. The van der Waals surface area contributed by atoms with Crippen LogP contribution in [0.2, 0.25) is 0 Å². The molecule has 0 fully saturated rings. The summed E-state index contributed by atoms with van der Waals surface area (Å²) in [5.74, 6) is 0.0697. The number of amides is 1. The van der Waals surface area contributed by atoms with Gasteiger partial charge in [-0.1, -0.05) is 19.1 Å². The number of carbonyl (C=O) groups excluding carboxylic acids is 1. The van der Waals surface area contributed by atoms with Crippen molar-refractivity contribution in [1.29, 1.82) is 0 Å². The van der Waals surface area contributed by atoms with Crippen LogP contribution in [0.4, 0.5) is 0 Å². The van der Waals surface area contributed by atoms with E-state index < -0.39 is 12.0 Å². The predicted molar refractivity (Wildman–Crippen MR) is 102 cm³/mol. The van der Waals surface area contributed by atoms with Crippen LogP contribution in [0.3, 0.4) is 0 Å². The van der Waals surface area contributed by atoms with E-state index in [4.69, 9.17) is 9.47 Å². The van der Waals surface area contributed by atoms with Crippen molar-refractivity contribution in [2.24, 2.45) is 0 Å². The van der Waals surface area contributed by atoms with E-state index in [1.54, 1.807) is 48.5 Å². The Balaban J connectivity index is 2.11. The topological polar surface area (TPSA) is 84.9 Å². The largest absolute Gasteiger partial charge is 0.494 e. The van der Waals surface area contributed by atoms with Crippen molar-refractivity contribution in [2.45, 2.75) is 32.7 Å². The number of carboxylic acids is 1. The van der Waals surface area contributed by atoms with Gasteiger partial charge >= 0.3 is 5.97 Å². The van der Waals surface area contributed by atoms with Crippen LogP contribution in [0.1, 0.15) is 48.7 Å². The minimum atomic E-state index is -0.988. The monoisotopic (exact) mass is 371 g/mol. The average molecular weight is 371 g/mol. The van der Waals surface area contributed by atoms with Crippen LogP contribution in [0, 0.1) is 0 Å². The lowest BCUT2D eigenvalue weighted by Crippen LogP contribution is -2.30. The van der Waals surface area contributed by atoms with Gasteiger partial charge in [-0.3, -0.25) is 9.59 Å². The molecule has 6 heteroatoms. The Kier molecular flexibility index (Phi) is 7.67. The second kappa shape index (κ2) is 10.2. The highest BCUT2D eigenvalue weighted by atomic mass is 16.5. The zero-order valence-electron chi connectivity index (χ0n) is 15.6. The Hall–Kier alpha value is -3.02. The summed E-state index contributed by atoms with van der Waals surface area (Å²) in [4.78, 5) is 23.8. The summed E-state index contributed by atoms with van der Waals surface area (Å²) in [5, 5.41) is 12.0. The summed E-state index contributed by atoms with van der Waals surface area (Å²) in [6.07, 6.45) is 0.694. The standard InChI is InChI=1S/C21H25NO5/c1-3-13-27-18-9-5-15(6-10-18)19(14-20(23)24)22-21(25)16-7-11-17(12-8-16)26-4-2/h5-12,19H,3-4,13-14H2,1-2H3,(H,22,25)(H,23,24). The quantitative estimate of drug-likeness (QED) is 0.663. The summed E-state index contributed by atoms with van der Waals surface area (Å²) in [6.45, 7) is 5.07.